The molecule has 0 aliphatic rings. The van der Waals surface area contributed by atoms with Gasteiger partial charge >= 0.3 is 5.00 Å². The number of aromatic amines is 1. The fourth-order valence-electron chi connectivity index (χ4n) is 2.30. The van der Waals surface area contributed by atoms with Crippen LogP contribution in [0.15, 0.2) is 51.5 Å². The van der Waals surface area contributed by atoms with E-state index in [2.05, 4.69) is 15.2 Å². The number of nitrogens with one attached hydrogen (secondary N) is 1. The van der Waals surface area contributed by atoms with Crippen LogP contribution in [0.25, 0.3) is 22.4 Å². The summed E-state index contributed by atoms with van der Waals surface area (Å²) in [5.41, 5.74) is 2.73. The summed E-state index contributed by atoms with van der Waals surface area (Å²) < 4.78 is 5.70. The number of rotatable bonds is 5. The average molecular weight is 358 g/mol. The van der Waals surface area contributed by atoms with Crippen LogP contribution in [0, 0.1) is 10.1 Å². The predicted octanol–water partition coefficient (Wildman–Crippen LogP) is 4.48. The average Bonchev–Trinajstić information content (AvgIpc) is 3.31. The molecule has 0 spiro atoms. The Labute approximate surface area is 143 Å². The van der Waals surface area contributed by atoms with Crippen LogP contribution in [0.3, 0.4) is 0 Å². The highest BCUT2D eigenvalue weighted by molar-refractivity contribution is 7.98. The Morgan fingerprint density at radius 2 is 2.21 bits per heavy atom. The van der Waals surface area contributed by atoms with Gasteiger partial charge in [0, 0.05) is 34.3 Å². The Morgan fingerprint density at radius 3 is 3.04 bits per heavy atom. The largest absolute Gasteiger partial charge is 0.411 e. The number of hydrogen-bond acceptors (Lipinski definition) is 7. The number of nitro groups is 1. The molecule has 0 bridgehead atoms. The van der Waals surface area contributed by atoms with Crippen molar-refractivity contribution in [3.63, 3.8) is 0 Å². The molecule has 0 aliphatic heterocycles. The minimum absolute atomic E-state index is 0.135. The molecule has 3 heterocycles. The van der Waals surface area contributed by atoms with Gasteiger partial charge in [-0.3, -0.25) is 10.1 Å². The normalized spacial score (nSPS) is 11.2. The molecule has 3 aromatic heterocycles. The number of hydrogen-bond donors (Lipinski definition) is 1. The number of thioether (sulfide) groups is 1. The van der Waals surface area contributed by atoms with Crippen molar-refractivity contribution in [2.24, 2.45) is 0 Å². The summed E-state index contributed by atoms with van der Waals surface area (Å²) in [7, 11) is 0. The smallest absolute Gasteiger partial charge is 0.324 e. The second-order valence-electron chi connectivity index (χ2n) is 4.96. The van der Waals surface area contributed by atoms with E-state index in [1.54, 1.807) is 11.4 Å². The van der Waals surface area contributed by atoms with Gasteiger partial charge in [0.2, 0.25) is 0 Å². The molecule has 0 radical (unpaired) electrons. The van der Waals surface area contributed by atoms with E-state index in [9.17, 15) is 10.1 Å². The molecular weight excluding hydrogens is 348 g/mol. The van der Waals surface area contributed by atoms with Gasteiger partial charge in [-0.05, 0) is 11.6 Å². The summed E-state index contributed by atoms with van der Waals surface area (Å²) in [6.07, 6.45) is 1.84. The molecule has 0 unspecified atom stereocenters. The molecule has 4 aromatic rings. The van der Waals surface area contributed by atoms with Crippen molar-refractivity contribution in [3.8, 4) is 11.5 Å². The molecule has 1 aromatic carbocycles. The van der Waals surface area contributed by atoms with Crippen molar-refractivity contribution < 1.29 is 9.34 Å². The van der Waals surface area contributed by atoms with E-state index in [0.717, 1.165) is 33.4 Å². The van der Waals surface area contributed by atoms with Crippen LogP contribution in [0.5, 0.6) is 0 Å². The monoisotopic (exact) mass is 358 g/mol. The van der Waals surface area contributed by atoms with Crippen LogP contribution >= 0.6 is 23.1 Å². The molecule has 0 amide bonds. The van der Waals surface area contributed by atoms with Crippen molar-refractivity contribution in [1.29, 1.82) is 0 Å². The van der Waals surface area contributed by atoms with E-state index in [1.807, 2.05) is 30.5 Å². The highest BCUT2D eigenvalue weighted by atomic mass is 32.2. The fraction of sp³-hybridized carbons (Fsp3) is 0.0667. The first-order valence-electron chi connectivity index (χ1n) is 6.95. The third kappa shape index (κ3) is 2.79. The van der Waals surface area contributed by atoms with Crippen molar-refractivity contribution in [3.05, 3.63) is 57.6 Å². The molecule has 0 saturated heterocycles. The molecule has 0 fully saturated rings. The van der Waals surface area contributed by atoms with Gasteiger partial charge in [0.05, 0.1) is 10.5 Å². The summed E-state index contributed by atoms with van der Waals surface area (Å²) in [6, 6.07) is 9.44. The highest BCUT2D eigenvalue weighted by Crippen LogP contribution is 2.32. The van der Waals surface area contributed by atoms with Gasteiger partial charge in [-0.2, -0.15) is 0 Å². The Hall–Kier alpha value is -2.65. The summed E-state index contributed by atoms with van der Waals surface area (Å²) in [4.78, 5) is 13.5. The fourth-order valence-corrected chi connectivity index (χ4v) is 3.83. The maximum absolute atomic E-state index is 10.7. The SMILES string of the molecule is O=[N+]([O-])c1cc(CSc2nnc(-c3c[nH]c4ccccc34)o2)cs1. The topological polar surface area (TPSA) is 97.9 Å². The quantitative estimate of drug-likeness (QED) is 0.321. The second-order valence-corrected chi connectivity index (χ2v) is 6.78. The molecule has 0 atom stereocenters. The number of aromatic nitrogens is 3. The third-order valence-corrected chi connectivity index (χ3v) is 5.23. The van der Waals surface area contributed by atoms with Crippen molar-refractivity contribution in [2.45, 2.75) is 11.0 Å². The van der Waals surface area contributed by atoms with Gasteiger partial charge in [0.25, 0.3) is 11.1 Å². The molecule has 1 N–H and O–H groups in total. The van der Waals surface area contributed by atoms with Crippen molar-refractivity contribution >= 4 is 39.0 Å². The maximum atomic E-state index is 10.7. The first-order chi connectivity index (χ1) is 11.7. The Bertz CT molecular complexity index is 1020. The highest BCUT2D eigenvalue weighted by Gasteiger charge is 2.15. The van der Waals surface area contributed by atoms with Crippen LogP contribution in [-0.4, -0.2) is 20.1 Å². The van der Waals surface area contributed by atoms with E-state index in [1.165, 1.54) is 11.8 Å². The number of fused-ring (bicyclic) bond motifs is 1. The second kappa shape index (κ2) is 6.10. The zero-order chi connectivity index (χ0) is 16.5. The Balaban J connectivity index is 1.51. The molecule has 4 rings (SSSR count). The van der Waals surface area contributed by atoms with Gasteiger partial charge in [-0.1, -0.05) is 41.3 Å². The maximum Gasteiger partial charge on any atom is 0.324 e. The molecule has 0 aliphatic carbocycles. The van der Waals surface area contributed by atoms with Crippen LogP contribution in [-0.2, 0) is 5.75 Å². The van der Waals surface area contributed by atoms with E-state index in [-0.39, 0.29) is 9.92 Å². The van der Waals surface area contributed by atoms with Crippen LogP contribution < -0.4 is 0 Å². The third-order valence-electron chi connectivity index (χ3n) is 3.41. The van der Waals surface area contributed by atoms with Crippen LogP contribution in [0.1, 0.15) is 5.56 Å². The molecule has 0 saturated carbocycles. The van der Waals surface area contributed by atoms with Crippen molar-refractivity contribution in [1.82, 2.24) is 15.2 Å². The zero-order valence-electron chi connectivity index (χ0n) is 12.1. The van der Waals surface area contributed by atoms with Gasteiger partial charge in [-0.25, -0.2) is 0 Å². The van der Waals surface area contributed by atoms with E-state index < -0.39 is 0 Å². The van der Waals surface area contributed by atoms with Gasteiger partial charge < -0.3 is 9.40 Å². The lowest BCUT2D eigenvalue weighted by Gasteiger charge is -1.93. The number of para-hydroxylation sites is 1. The summed E-state index contributed by atoms with van der Waals surface area (Å²) in [6.45, 7) is 0. The van der Waals surface area contributed by atoms with Gasteiger partial charge in [-0.15, -0.1) is 10.2 Å². The predicted molar refractivity (Wildman–Crippen MR) is 92.1 cm³/mol. The number of benzene rings is 1. The van der Waals surface area contributed by atoms with Gasteiger partial charge in [0.15, 0.2) is 0 Å². The van der Waals surface area contributed by atoms with E-state index >= 15 is 0 Å². The minimum Gasteiger partial charge on any atom is -0.411 e. The number of thiophene rings is 1. The van der Waals surface area contributed by atoms with Crippen LogP contribution in [0.2, 0.25) is 0 Å². The standard InChI is InChI=1S/C15H10N4O3S2/c20-19(21)13-5-9(7-23-13)8-24-15-18-17-14(22-15)11-6-16-12-4-2-1-3-10(11)12/h1-7,16H,8H2. The first-order valence-corrected chi connectivity index (χ1v) is 8.82. The minimum atomic E-state index is -0.388. The molecule has 9 heteroatoms. The van der Waals surface area contributed by atoms with Crippen molar-refractivity contribution in [2.75, 3.05) is 0 Å². The lowest BCUT2D eigenvalue weighted by atomic mass is 10.2. The van der Waals surface area contributed by atoms with E-state index in [0.29, 0.717) is 16.9 Å². The van der Waals surface area contributed by atoms with E-state index in [4.69, 9.17) is 4.42 Å². The molecule has 24 heavy (non-hydrogen) atoms. The lowest BCUT2D eigenvalue weighted by molar-refractivity contribution is -0.380. The van der Waals surface area contributed by atoms with Crippen LogP contribution in [0.4, 0.5) is 5.00 Å². The van der Waals surface area contributed by atoms with Gasteiger partial charge in [0.1, 0.15) is 0 Å². The Morgan fingerprint density at radius 1 is 1.33 bits per heavy atom. The molecule has 120 valence electrons. The summed E-state index contributed by atoms with van der Waals surface area (Å²) in [5.74, 6) is 0.992. The summed E-state index contributed by atoms with van der Waals surface area (Å²) in [5, 5.41) is 22.2. The lowest BCUT2D eigenvalue weighted by Crippen LogP contribution is -1.82. The summed E-state index contributed by atoms with van der Waals surface area (Å²) >= 11 is 2.47. The molecular formula is C15H10N4O3S2. The first kappa shape index (κ1) is 14.9. The molecule has 7 nitrogen and oxygen atoms in total. The number of nitrogens with zero attached hydrogens (tertiary/aromatic N) is 3. The Kier molecular flexibility index (Phi) is 3.79. The zero-order valence-corrected chi connectivity index (χ0v) is 13.8. The number of H-pyrrole nitrogens is 1.